The van der Waals surface area contributed by atoms with E-state index < -0.39 is 6.10 Å². The molecular formula is C22H22ClNO. The van der Waals surface area contributed by atoms with Crippen molar-refractivity contribution in [1.29, 1.82) is 0 Å². The lowest BCUT2D eigenvalue weighted by atomic mass is 9.84. The van der Waals surface area contributed by atoms with Gasteiger partial charge in [0.25, 0.3) is 0 Å². The summed E-state index contributed by atoms with van der Waals surface area (Å²) in [7, 11) is 0. The van der Waals surface area contributed by atoms with Crippen molar-refractivity contribution in [2.24, 2.45) is 5.41 Å². The number of nitrogens with zero attached hydrogens (tertiary/aromatic N) is 1. The predicted molar refractivity (Wildman–Crippen MR) is 104 cm³/mol. The van der Waals surface area contributed by atoms with Crippen molar-refractivity contribution < 1.29 is 5.11 Å². The fourth-order valence-electron chi connectivity index (χ4n) is 3.98. The summed E-state index contributed by atoms with van der Waals surface area (Å²) < 4.78 is 2.29. The number of aliphatic hydroxyl groups is 1. The zero-order valence-electron chi connectivity index (χ0n) is 14.8. The largest absolute Gasteiger partial charge is 0.386 e. The van der Waals surface area contributed by atoms with Crippen molar-refractivity contribution in [3.63, 3.8) is 0 Å². The maximum absolute atomic E-state index is 11.0. The van der Waals surface area contributed by atoms with Crippen molar-refractivity contribution in [3.05, 3.63) is 71.0 Å². The van der Waals surface area contributed by atoms with E-state index in [-0.39, 0.29) is 5.41 Å². The zero-order chi connectivity index (χ0) is 17.8. The second kappa shape index (κ2) is 5.76. The highest BCUT2D eigenvalue weighted by Crippen LogP contribution is 2.51. The molecule has 1 atom stereocenters. The minimum absolute atomic E-state index is 0.165. The molecule has 1 aliphatic heterocycles. The molecule has 0 fully saturated rings. The first-order chi connectivity index (χ1) is 11.9. The van der Waals surface area contributed by atoms with Gasteiger partial charge in [-0.3, -0.25) is 0 Å². The number of hydrogen-bond acceptors (Lipinski definition) is 1. The third kappa shape index (κ3) is 2.52. The Morgan fingerprint density at radius 3 is 2.20 bits per heavy atom. The maximum Gasteiger partial charge on any atom is 0.101 e. The van der Waals surface area contributed by atoms with Crippen molar-refractivity contribution in [3.8, 4) is 22.3 Å². The van der Waals surface area contributed by atoms with E-state index in [4.69, 9.17) is 11.6 Å². The Labute approximate surface area is 153 Å². The van der Waals surface area contributed by atoms with Gasteiger partial charge >= 0.3 is 0 Å². The lowest BCUT2D eigenvalue weighted by molar-refractivity contribution is 0.0653. The first kappa shape index (κ1) is 16.4. The monoisotopic (exact) mass is 351 g/mol. The zero-order valence-corrected chi connectivity index (χ0v) is 15.5. The van der Waals surface area contributed by atoms with Crippen LogP contribution >= 0.6 is 11.6 Å². The van der Waals surface area contributed by atoms with Gasteiger partial charge in [0.1, 0.15) is 6.10 Å². The van der Waals surface area contributed by atoms with Crippen LogP contribution in [0.1, 0.15) is 31.3 Å². The van der Waals surface area contributed by atoms with Crippen LogP contribution in [0.5, 0.6) is 0 Å². The van der Waals surface area contributed by atoms with Gasteiger partial charge < -0.3 is 9.67 Å². The van der Waals surface area contributed by atoms with Crippen molar-refractivity contribution in [1.82, 2.24) is 4.57 Å². The van der Waals surface area contributed by atoms with Crippen LogP contribution in [0, 0.1) is 12.3 Å². The molecule has 0 saturated carbocycles. The molecule has 0 bridgehead atoms. The van der Waals surface area contributed by atoms with Gasteiger partial charge in [0.15, 0.2) is 0 Å². The molecule has 2 aromatic carbocycles. The normalized spacial score (nSPS) is 18.4. The van der Waals surface area contributed by atoms with E-state index in [9.17, 15) is 5.11 Å². The van der Waals surface area contributed by atoms with E-state index in [1.165, 1.54) is 11.3 Å². The van der Waals surface area contributed by atoms with Gasteiger partial charge in [-0.2, -0.15) is 0 Å². The molecule has 0 spiro atoms. The Hall–Kier alpha value is -2.03. The summed E-state index contributed by atoms with van der Waals surface area (Å²) in [5.41, 5.74) is 6.65. The number of rotatable bonds is 2. The summed E-state index contributed by atoms with van der Waals surface area (Å²) in [6.07, 6.45) is -0.484. The Morgan fingerprint density at radius 2 is 1.56 bits per heavy atom. The molecule has 2 nitrogen and oxygen atoms in total. The van der Waals surface area contributed by atoms with Crippen molar-refractivity contribution in [2.75, 3.05) is 0 Å². The van der Waals surface area contributed by atoms with Gasteiger partial charge in [0, 0.05) is 33.8 Å². The number of benzene rings is 2. The average molecular weight is 352 g/mol. The van der Waals surface area contributed by atoms with Crippen LogP contribution in [0.2, 0.25) is 5.02 Å². The Kier molecular flexibility index (Phi) is 3.78. The molecule has 3 heteroatoms. The van der Waals surface area contributed by atoms with Gasteiger partial charge in [0.05, 0.1) is 5.69 Å². The van der Waals surface area contributed by atoms with Crippen LogP contribution < -0.4 is 0 Å². The smallest absolute Gasteiger partial charge is 0.101 e. The van der Waals surface area contributed by atoms with E-state index in [0.717, 1.165) is 34.0 Å². The molecule has 3 aromatic rings. The third-order valence-electron chi connectivity index (χ3n) is 5.32. The average Bonchev–Trinajstić information content (AvgIpc) is 3.01. The van der Waals surface area contributed by atoms with E-state index in [1.807, 2.05) is 30.3 Å². The summed E-state index contributed by atoms with van der Waals surface area (Å²) >= 11 is 6.09. The molecule has 0 radical (unpaired) electrons. The van der Waals surface area contributed by atoms with E-state index >= 15 is 0 Å². The quantitative estimate of drug-likeness (QED) is 0.614. The predicted octanol–water partition coefficient (Wildman–Crippen LogP) is 5.86. The van der Waals surface area contributed by atoms with E-state index in [0.29, 0.717) is 0 Å². The molecule has 2 heterocycles. The maximum atomic E-state index is 11.0. The van der Waals surface area contributed by atoms with Crippen molar-refractivity contribution in [2.45, 2.75) is 33.4 Å². The lowest BCUT2D eigenvalue weighted by Crippen LogP contribution is -2.18. The number of fused-ring (bicyclic) bond motifs is 1. The molecule has 1 N–H and O–H groups in total. The number of aliphatic hydroxyl groups excluding tert-OH is 1. The molecule has 25 heavy (non-hydrogen) atoms. The molecule has 1 unspecified atom stereocenters. The molecule has 1 aliphatic rings. The summed E-state index contributed by atoms with van der Waals surface area (Å²) in [6, 6.07) is 18.3. The number of aromatic nitrogens is 1. The van der Waals surface area contributed by atoms with Gasteiger partial charge in [-0.25, -0.2) is 0 Å². The molecule has 4 rings (SSSR count). The summed E-state index contributed by atoms with van der Waals surface area (Å²) in [6.45, 7) is 7.22. The summed E-state index contributed by atoms with van der Waals surface area (Å²) in [4.78, 5) is 0. The highest BCUT2D eigenvalue weighted by atomic mass is 35.5. The minimum atomic E-state index is -0.484. The Morgan fingerprint density at radius 1 is 0.960 bits per heavy atom. The second-order valence-corrected chi connectivity index (χ2v) is 8.01. The molecule has 128 valence electrons. The first-order valence-corrected chi connectivity index (χ1v) is 9.00. The van der Waals surface area contributed by atoms with Crippen LogP contribution in [-0.4, -0.2) is 9.67 Å². The van der Waals surface area contributed by atoms with E-state index in [1.54, 1.807) is 0 Å². The van der Waals surface area contributed by atoms with Gasteiger partial charge in [-0.15, -0.1) is 0 Å². The summed E-state index contributed by atoms with van der Waals surface area (Å²) in [5, 5.41) is 11.8. The lowest BCUT2D eigenvalue weighted by Gasteiger charge is -2.23. The number of hydrogen-bond donors (Lipinski definition) is 1. The van der Waals surface area contributed by atoms with E-state index in [2.05, 4.69) is 49.6 Å². The van der Waals surface area contributed by atoms with Gasteiger partial charge in [-0.1, -0.05) is 67.9 Å². The van der Waals surface area contributed by atoms with Crippen molar-refractivity contribution >= 4 is 11.6 Å². The van der Waals surface area contributed by atoms with Crippen LogP contribution in [0.15, 0.2) is 54.6 Å². The molecule has 1 aromatic heterocycles. The van der Waals surface area contributed by atoms with Crippen LogP contribution in [0.25, 0.3) is 22.3 Å². The molecule has 0 aliphatic carbocycles. The Balaban J connectivity index is 2.03. The fourth-order valence-corrected chi connectivity index (χ4v) is 4.10. The highest BCUT2D eigenvalue weighted by Gasteiger charge is 2.42. The van der Waals surface area contributed by atoms with Crippen LogP contribution in [-0.2, 0) is 6.54 Å². The van der Waals surface area contributed by atoms with Gasteiger partial charge in [0.2, 0.25) is 0 Å². The minimum Gasteiger partial charge on any atom is -0.386 e. The first-order valence-electron chi connectivity index (χ1n) is 8.62. The highest BCUT2D eigenvalue weighted by molar-refractivity contribution is 6.30. The summed E-state index contributed by atoms with van der Waals surface area (Å²) in [5.74, 6) is 0. The van der Waals surface area contributed by atoms with Crippen LogP contribution in [0.3, 0.4) is 0 Å². The number of halogens is 1. The SMILES string of the molecule is Cc1c(-c2ccc(Cl)cc2)c(-c2ccccc2)c2n1CC(C)(C)C2O. The second-order valence-electron chi connectivity index (χ2n) is 7.57. The third-order valence-corrected chi connectivity index (χ3v) is 5.58. The molecular weight excluding hydrogens is 330 g/mol. The van der Waals surface area contributed by atoms with Crippen LogP contribution in [0.4, 0.5) is 0 Å². The Bertz CT molecular complexity index is 923. The molecule has 0 amide bonds. The van der Waals surface area contributed by atoms with Gasteiger partial charge in [-0.05, 0) is 30.2 Å². The fraction of sp³-hybridized carbons (Fsp3) is 0.273. The molecule has 0 saturated heterocycles. The topological polar surface area (TPSA) is 25.2 Å². The standard InChI is InChI=1S/C22H22ClNO/c1-14-18(16-9-11-17(23)12-10-16)19(15-7-5-4-6-8-15)20-21(25)22(2,3)13-24(14)20/h4-12,21,25H,13H2,1-3H3.